The number of imidazole rings is 1. The minimum Gasteiger partial charge on any atom is -0.348 e. The van der Waals surface area contributed by atoms with Gasteiger partial charge >= 0.3 is 0 Å². The molecule has 2 heterocycles. The van der Waals surface area contributed by atoms with E-state index < -0.39 is 102 Å². The lowest BCUT2D eigenvalue weighted by atomic mass is 10.1. The van der Waals surface area contributed by atoms with E-state index in [1.807, 2.05) is 0 Å². The molecule has 4 nitrogen and oxygen atoms in total. The fourth-order valence-electron chi connectivity index (χ4n) is 1.88. The second kappa shape index (κ2) is 5.88. The summed E-state index contributed by atoms with van der Waals surface area (Å²) in [6, 6.07) is -5.17. The Kier molecular flexibility index (Phi) is 1.48. The van der Waals surface area contributed by atoms with Crippen LogP contribution in [0.3, 0.4) is 0 Å². The summed E-state index contributed by atoms with van der Waals surface area (Å²) in [4.78, 5) is 17.9. The number of hydrogen-bond donors (Lipinski definition) is 0. The van der Waals surface area contributed by atoms with Crippen LogP contribution in [0.15, 0.2) is 42.4 Å². The average molecular weight is 321 g/mol. The molecule has 0 aliphatic rings. The van der Waals surface area contributed by atoms with Gasteiger partial charge in [-0.2, -0.15) is 0 Å². The molecule has 1 aromatic carbocycles. The van der Waals surface area contributed by atoms with Gasteiger partial charge in [-0.05, 0) is 25.3 Å². The molecule has 0 saturated heterocycles. The third-order valence-corrected chi connectivity index (χ3v) is 3.00. The average Bonchev–Trinajstić information content (AvgIpc) is 3.14. The van der Waals surface area contributed by atoms with E-state index in [1.54, 1.807) is 0 Å². The van der Waals surface area contributed by atoms with E-state index in [1.165, 1.54) is 14.1 Å². The first-order chi connectivity index (χ1) is 16.7. The molecule has 0 bridgehead atoms. The van der Waals surface area contributed by atoms with E-state index in [-0.39, 0.29) is 0 Å². The van der Waals surface area contributed by atoms with Crippen LogP contribution in [0.25, 0.3) is 16.9 Å². The number of carbonyl (C=O) groups is 1. The van der Waals surface area contributed by atoms with Crippen molar-refractivity contribution in [1.82, 2.24) is 14.3 Å². The molecule has 4 heteroatoms. The van der Waals surface area contributed by atoms with E-state index >= 15 is 0 Å². The number of fused-ring (bicyclic) bond motifs is 1. The predicted molar refractivity (Wildman–Crippen MR) is 92.5 cm³/mol. The number of benzene rings is 1. The van der Waals surface area contributed by atoms with E-state index in [0.29, 0.717) is 4.40 Å². The van der Waals surface area contributed by atoms with Crippen molar-refractivity contribution < 1.29 is 24.0 Å². The van der Waals surface area contributed by atoms with E-state index in [2.05, 4.69) is 4.98 Å². The van der Waals surface area contributed by atoms with Gasteiger partial charge in [0.15, 0.2) is 0 Å². The normalized spacial score (nSPS) is 22.2. The molecule has 0 fully saturated rings. The first-order valence-corrected chi connectivity index (χ1v) is 6.52. The van der Waals surface area contributed by atoms with Crippen LogP contribution in [-0.4, -0.2) is 34.3 Å². The quantitative estimate of drug-likeness (QED) is 0.742. The number of hydrogen-bond acceptors (Lipinski definition) is 2. The van der Waals surface area contributed by atoms with Gasteiger partial charge in [0.05, 0.1) is 27.4 Å². The Morgan fingerprint density at radius 1 is 1.22 bits per heavy atom. The number of aromatic nitrogens is 2. The first kappa shape index (κ1) is 5.78. The molecular weight excluding hydrogens is 286 g/mol. The molecule has 1 amide bonds. The lowest BCUT2D eigenvalue weighted by Gasteiger charge is -2.11. The van der Waals surface area contributed by atoms with Crippen molar-refractivity contribution >= 4 is 11.6 Å². The first-order valence-electron chi connectivity index (χ1n) is 13.6. The van der Waals surface area contributed by atoms with E-state index in [9.17, 15) is 4.79 Å². The van der Waals surface area contributed by atoms with Crippen molar-refractivity contribution in [3.8, 4) is 11.3 Å². The third kappa shape index (κ3) is 2.97. The van der Waals surface area contributed by atoms with Crippen LogP contribution < -0.4 is 0 Å². The molecule has 3 rings (SSSR count). The molecule has 1 atom stereocenters. The van der Waals surface area contributed by atoms with Gasteiger partial charge in [0, 0.05) is 35.4 Å². The van der Waals surface area contributed by atoms with Crippen LogP contribution in [0, 0.1) is 13.7 Å². The molecule has 0 spiro atoms. The Bertz CT molecular complexity index is 1410. The molecule has 23 heavy (non-hydrogen) atoms. The number of amides is 1. The SMILES string of the molecule is [2H]c1c([2H])c(C([2H])([2H])[2H])c([2H])c([2H])c1-c1nc2c([2H])c([2H])c(C([2H])([2H])[2H])c([2H])n2c1C([2H])C(=O)N(C)C. The summed E-state index contributed by atoms with van der Waals surface area (Å²) >= 11 is 0. The zero-order valence-electron chi connectivity index (χ0n) is 26.3. The number of pyridine rings is 1. The second-order valence-electron chi connectivity index (χ2n) is 4.87. The molecular formula is C19H21N3O. The summed E-state index contributed by atoms with van der Waals surface area (Å²) in [5, 5.41) is 0. The van der Waals surface area contributed by atoms with Crippen LogP contribution in [0.4, 0.5) is 0 Å². The van der Waals surface area contributed by atoms with Crippen molar-refractivity contribution in [3.63, 3.8) is 0 Å². The third-order valence-electron chi connectivity index (χ3n) is 3.00. The maximum absolute atomic E-state index is 12.8. The monoisotopic (exact) mass is 321 g/mol. The number of nitrogens with zero attached hydrogens (tertiary/aromatic N) is 3. The summed E-state index contributed by atoms with van der Waals surface area (Å²) < 4.78 is 113. The summed E-state index contributed by atoms with van der Waals surface area (Å²) in [6.45, 7) is -6.04. The zero-order chi connectivity index (χ0) is 28.5. The van der Waals surface area contributed by atoms with Gasteiger partial charge in [-0.15, -0.1) is 0 Å². The van der Waals surface area contributed by atoms with Crippen LogP contribution in [0.5, 0.6) is 0 Å². The highest BCUT2D eigenvalue weighted by Gasteiger charge is 2.18. The van der Waals surface area contributed by atoms with Crippen LogP contribution in [0.2, 0.25) is 0 Å². The van der Waals surface area contributed by atoms with Gasteiger partial charge in [0.1, 0.15) is 5.65 Å². The highest BCUT2D eigenvalue weighted by Crippen LogP contribution is 2.26. The topological polar surface area (TPSA) is 37.6 Å². The number of carbonyl (C=O) groups excluding carboxylic acids is 1. The van der Waals surface area contributed by atoms with Crippen LogP contribution in [-0.2, 0) is 11.2 Å². The largest absolute Gasteiger partial charge is 0.348 e. The maximum Gasteiger partial charge on any atom is 0.228 e. The highest BCUT2D eigenvalue weighted by atomic mass is 16.2. The second-order valence-corrected chi connectivity index (χ2v) is 4.87. The molecule has 3 aromatic rings. The smallest absolute Gasteiger partial charge is 0.228 e. The Labute approximate surface area is 156 Å². The van der Waals surface area contributed by atoms with Crippen molar-refractivity contribution in [3.05, 3.63) is 59.2 Å². The predicted octanol–water partition coefficient (Wildman–Crippen LogP) is 3.25. The summed E-state index contributed by atoms with van der Waals surface area (Å²) in [5.74, 6) is -0.881. The zero-order valence-corrected chi connectivity index (χ0v) is 12.3. The summed E-state index contributed by atoms with van der Waals surface area (Å²) in [5.41, 5.74) is -3.91. The van der Waals surface area contributed by atoms with Crippen molar-refractivity contribution in [2.75, 3.05) is 14.1 Å². The molecule has 1 unspecified atom stereocenters. The minimum absolute atomic E-state index is 0.520. The molecule has 0 radical (unpaired) electrons. The van der Waals surface area contributed by atoms with Gasteiger partial charge in [-0.25, -0.2) is 4.98 Å². The highest BCUT2D eigenvalue weighted by molar-refractivity contribution is 5.81. The molecule has 118 valence electrons. The van der Waals surface area contributed by atoms with E-state index in [0.717, 1.165) is 4.90 Å². The Hall–Kier alpha value is -2.62. The van der Waals surface area contributed by atoms with Gasteiger partial charge in [0.25, 0.3) is 0 Å². The number of rotatable bonds is 3. The fraction of sp³-hybridized carbons (Fsp3) is 0.263. The summed E-state index contributed by atoms with van der Waals surface area (Å²) in [6.07, 6.45) is -2.81. The minimum atomic E-state index is -3.03. The van der Waals surface area contributed by atoms with Gasteiger partial charge in [0.2, 0.25) is 5.91 Å². The van der Waals surface area contributed by atoms with Crippen LogP contribution >= 0.6 is 0 Å². The van der Waals surface area contributed by atoms with Gasteiger partial charge in [-0.1, -0.05) is 35.8 Å². The molecule has 0 aliphatic heterocycles. The van der Waals surface area contributed by atoms with Crippen molar-refractivity contribution in [2.45, 2.75) is 20.1 Å². The summed E-state index contributed by atoms with van der Waals surface area (Å²) in [7, 11) is 2.64. The molecule has 0 saturated carbocycles. The molecule has 2 aromatic heterocycles. The molecule has 0 aliphatic carbocycles. The van der Waals surface area contributed by atoms with E-state index in [4.69, 9.17) is 19.2 Å². The fourth-order valence-corrected chi connectivity index (χ4v) is 1.88. The van der Waals surface area contributed by atoms with Crippen molar-refractivity contribution in [2.24, 2.45) is 0 Å². The van der Waals surface area contributed by atoms with Crippen molar-refractivity contribution in [1.29, 1.82) is 0 Å². The standard InChI is InChI=1S/C19H21N3O/c1-13-5-8-15(9-6-13)19-16(11-18(23)21(3)4)22-12-14(2)7-10-17(22)20-19/h5-10,12H,11H2,1-4H3/i1D3,2D3,5D,6D,7D,8D,9D,10D,11D,12D. The van der Waals surface area contributed by atoms with Crippen LogP contribution in [0.1, 0.15) is 36.0 Å². The Morgan fingerprint density at radius 3 is 2.57 bits per heavy atom. The van der Waals surface area contributed by atoms with Gasteiger partial charge in [-0.3, -0.25) is 4.79 Å². The lowest BCUT2D eigenvalue weighted by Crippen LogP contribution is -2.24. The Balaban J connectivity index is 2.64. The number of likely N-dealkylation sites (N-methyl/N-ethyl adjacent to an activating group) is 1. The lowest BCUT2D eigenvalue weighted by molar-refractivity contribution is -0.128. The maximum atomic E-state index is 12.8. The molecule has 0 N–H and O–H groups in total. The Morgan fingerprint density at radius 2 is 1.91 bits per heavy atom. The van der Waals surface area contributed by atoms with Gasteiger partial charge < -0.3 is 9.30 Å².